The number of benzene rings is 2. The van der Waals surface area contributed by atoms with Gasteiger partial charge in [0.05, 0.1) is 28.5 Å². The first-order valence-corrected chi connectivity index (χ1v) is 14.5. The molecule has 1 fully saturated rings. The predicted octanol–water partition coefficient (Wildman–Crippen LogP) is 5.43. The molecule has 1 aromatic heterocycles. The van der Waals surface area contributed by atoms with Crippen LogP contribution in [0.3, 0.4) is 0 Å². The van der Waals surface area contributed by atoms with Gasteiger partial charge in [0.25, 0.3) is 0 Å². The average molecular weight is 571 g/mol. The van der Waals surface area contributed by atoms with Gasteiger partial charge in [0.1, 0.15) is 18.2 Å². The number of amides is 2. The summed E-state index contributed by atoms with van der Waals surface area (Å²) in [6.07, 6.45) is 1.86. The van der Waals surface area contributed by atoms with E-state index >= 15 is 0 Å². The van der Waals surface area contributed by atoms with Crippen LogP contribution in [-0.4, -0.2) is 53.1 Å². The first kappa shape index (κ1) is 27.7. The Kier molecular flexibility index (Phi) is 8.03. The summed E-state index contributed by atoms with van der Waals surface area (Å²) in [6.45, 7) is 7.07. The second-order valence-electron chi connectivity index (χ2n) is 10.9. The van der Waals surface area contributed by atoms with Crippen molar-refractivity contribution in [3.8, 4) is 5.69 Å². The first-order valence-electron chi connectivity index (χ1n) is 13.1. The summed E-state index contributed by atoms with van der Waals surface area (Å²) in [6, 6.07) is 13.7. The summed E-state index contributed by atoms with van der Waals surface area (Å²) in [4.78, 5) is 28.4. The normalized spacial score (nSPS) is 19.6. The zero-order valence-corrected chi connectivity index (χ0v) is 23.8. The predicted molar refractivity (Wildman–Crippen MR) is 152 cm³/mol. The van der Waals surface area contributed by atoms with Crippen LogP contribution >= 0.6 is 23.4 Å². The maximum absolute atomic E-state index is 14.4. The van der Waals surface area contributed by atoms with Gasteiger partial charge in [-0.3, -0.25) is 14.5 Å². The summed E-state index contributed by atoms with van der Waals surface area (Å²) in [5, 5.41) is 8.10. The molecular weight excluding hydrogens is 539 g/mol. The van der Waals surface area contributed by atoms with Crippen LogP contribution in [-0.2, 0) is 19.7 Å². The molecule has 2 aliphatic rings. The van der Waals surface area contributed by atoms with Gasteiger partial charge >= 0.3 is 0 Å². The van der Waals surface area contributed by atoms with Crippen LogP contribution in [0.1, 0.15) is 55.7 Å². The molecule has 0 aliphatic carbocycles. The van der Waals surface area contributed by atoms with Gasteiger partial charge in [-0.1, -0.05) is 50.6 Å². The first-order chi connectivity index (χ1) is 18.6. The SMILES string of the molecule is CC(C)(C)c1nn(-c2cccc(Cl)c2)c2c1[C@@H](c1cccc(F)c1)SCC(=O)N2CC(=O)NC[C@H]1CCCO1. The highest BCUT2D eigenvalue weighted by atomic mass is 35.5. The van der Waals surface area contributed by atoms with E-state index in [-0.39, 0.29) is 41.3 Å². The standard InChI is InChI=1S/C29H32ClFN4O3S/c1-29(2,3)27-25-26(18-7-4-9-20(31)13-18)39-17-24(37)34(16-23(36)32-15-22-11-6-12-38-22)28(25)35(33-27)21-10-5-8-19(30)14-21/h4-5,7-10,13-14,22,26H,6,11-12,15-17H2,1-3H3,(H,32,36)/t22-,26-/m1/s1. The van der Waals surface area contributed by atoms with Crippen LogP contribution in [0.15, 0.2) is 48.5 Å². The smallest absolute Gasteiger partial charge is 0.240 e. The van der Waals surface area contributed by atoms with Crippen molar-refractivity contribution < 1.29 is 18.7 Å². The van der Waals surface area contributed by atoms with Crippen molar-refractivity contribution in [3.63, 3.8) is 0 Å². The number of halogens is 2. The van der Waals surface area contributed by atoms with Crippen molar-refractivity contribution in [3.05, 3.63) is 76.2 Å². The lowest BCUT2D eigenvalue weighted by molar-refractivity contribution is -0.123. The highest BCUT2D eigenvalue weighted by Gasteiger charge is 2.40. The number of hydrogen-bond acceptors (Lipinski definition) is 5. The Morgan fingerprint density at radius 2 is 2.03 bits per heavy atom. The number of aromatic nitrogens is 2. The minimum Gasteiger partial charge on any atom is -0.376 e. The third-order valence-corrected chi connectivity index (χ3v) is 8.35. The third kappa shape index (κ3) is 6.00. The Morgan fingerprint density at radius 1 is 1.23 bits per heavy atom. The maximum atomic E-state index is 14.4. The Hall–Kier alpha value is -2.88. The number of nitrogens with one attached hydrogen (secondary N) is 1. The second kappa shape index (κ2) is 11.3. The lowest BCUT2D eigenvalue weighted by Crippen LogP contribution is -2.44. The Labute approximate surface area is 237 Å². The fraction of sp³-hybridized carbons (Fsp3) is 0.414. The van der Waals surface area contributed by atoms with Crippen LogP contribution in [0.25, 0.3) is 5.69 Å². The van der Waals surface area contributed by atoms with Gasteiger partial charge in [-0.25, -0.2) is 9.07 Å². The van der Waals surface area contributed by atoms with Crippen LogP contribution in [0, 0.1) is 5.82 Å². The topological polar surface area (TPSA) is 76.5 Å². The number of nitrogens with zero attached hydrogens (tertiary/aromatic N) is 3. The van der Waals surface area contributed by atoms with E-state index in [1.165, 1.54) is 28.8 Å². The molecule has 10 heteroatoms. The monoisotopic (exact) mass is 570 g/mol. The molecule has 2 amide bonds. The van der Waals surface area contributed by atoms with E-state index in [1.807, 2.05) is 18.2 Å². The van der Waals surface area contributed by atoms with E-state index in [4.69, 9.17) is 21.4 Å². The molecule has 1 N–H and O–H groups in total. The number of hydrogen-bond donors (Lipinski definition) is 1. The highest BCUT2D eigenvalue weighted by Crippen LogP contribution is 2.48. The molecule has 2 atom stereocenters. The number of anilines is 1. The summed E-state index contributed by atoms with van der Waals surface area (Å²) >= 11 is 7.77. The molecule has 0 unspecified atom stereocenters. The van der Waals surface area contributed by atoms with E-state index in [9.17, 15) is 14.0 Å². The fourth-order valence-electron chi connectivity index (χ4n) is 5.03. The van der Waals surface area contributed by atoms with Gasteiger partial charge in [-0.15, -0.1) is 11.8 Å². The molecule has 0 spiro atoms. The Morgan fingerprint density at radius 3 is 2.72 bits per heavy atom. The third-order valence-electron chi connectivity index (χ3n) is 6.86. The number of carbonyl (C=O) groups is 2. The molecule has 0 radical (unpaired) electrons. The van der Waals surface area contributed by atoms with Crippen molar-refractivity contribution in [2.24, 2.45) is 0 Å². The van der Waals surface area contributed by atoms with Crippen LogP contribution < -0.4 is 10.2 Å². The van der Waals surface area contributed by atoms with E-state index < -0.39 is 5.41 Å². The zero-order valence-electron chi connectivity index (χ0n) is 22.2. The van der Waals surface area contributed by atoms with Gasteiger partial charge in [0.15, 0.2) is 0 Å². The number of rotatable bonds is 6. The van der Waals surface area contributed by atoms with Crippen LogP contribution in [0.4, 0.5) is 10.2 Å². The second-order valence-corrected chi connectivity index (χ2v) is 12.4. The van der Waals surface area contributed by atoms with Gasteiger partial charge in [0.2, 0.25) is 11.8 Å². The number of ether oxygens (including phenoxy) is 1. The fourth-order valence-corrected chi connectivity index (χ4v) is 6.40. The Bertz CT molecular complexity index is 1380. The number of fused-ring (bicyclic) bond motifs is 1. The van der Waals surface area contributed by atoms with Crippen molar-refractivity contribution in [1.29, 1.82) is 0 Å². The van der Waals surface area contributed by atoms with Crippen molar-refractivity contribution in [2.75, 3.05) is 30.3 Å². The van der Waals surface area contributed by atoms with Gasteiger partial charge in [-0.2, -0.15) is 5.10 Å². The molecule has 206 valence electrons. The van der Waals surface area contributed by atoms with Gasteiger partial charge in [0, 0.05) is 29.2 Å². The minimum atomic E-state index is -0.416. The molecule has 1 saturated heterocycles. The highest BCUT2D eigenvalue weighted by molar-refractivity contribution is 8.00. The van der Waals surface area contributed by atoms with Crippen LogP contribution in [0.2, 0.25) is 5.02 Å². The Balaban J connectivity index is 1.65. The minimum absolute atomic E-state index is 0.0123. The van der Waals surface area contributed by atoms with Gasteiger partial charge in [-0.05, 0) is 48.7 Å². The molecule has 5 rings (SSSR count). The van der Waals surface area contributed by atoms with Crippen molar-refractivity contribution in [2.45, 2.75) is 50.4 Å². The molecule has 2 aromatic carbocycles. The summed E-state index contributed by atoms with van der Waals surface area (Å²) in [5.41, 5.74) is 2.53. The molecule has 2 aliphatic heterocycles. The average Bonchev–Trinajstić information content (AvgIpc) is 3.52. The van der Waals surface area contributed by atoms with E-state index in [1.54, 1.807) is 22.9 Å². The van der Waals surface area contributed by atoms with Gasteiger partial charge < -0.3 is 10.1 Å². The van der Waals surface area contributed by atoms with E-state index in [0.29, 0.717) is 29.7 Å². The van der Waals surface area contributed by atoms with E-state index in [0.717, 1.165) is 29.7 Å². The van der Waals surface area contributed by atoms with Crippen molar-refractivity contribution in [1.82, 2.24) is 15.1 Å². The molecule has 7 nitrogen and oxygen atoms in total. The molecule has 39 heavy (non-hydrogen) atoms. The molecule has 0 saturated carbocycles. The molecule has 0 bridgehead atoms. The summed E-state index contributed by atoms with van der Waals surface area (Å²) < 4.78 is 21.7. The largest absolute Gasteiger partial charge is 0.376 e. The van der Waals surface area contributed by atoms with Crippen molar-refractivity contribution >= 4 is 41.0 Å². The summed E-state index contributed by atoms with van der Waals surface area (Å²) in [5.74, 6) is -0.242. The number of thioether (sulfide) groups is 1. The molecule has 3 aromatic rings. The number of carbonyl (C=O) groups excluding carboxylic acids is 2. The quantitative estimate of drug-likeness (QED) is 0.428. The molecular formula is C29H32ClFN4O3S. The maximum Gasteiger partial charge on any atom is 0.240 e. The molecule has 3 heterocycles. The summed E-state index contributed by atoms with van der Waals surface area (Å²) in [7, 11) is 0. The zero-order chi connectivity index (χ0) is 27.7. The van der Waals surface area contributed by atoms with E-state index in [2.05, 4.69) is 26.1 Å². The lowest BCUT2D eigenvalue weighted by Gasteiger charge is -2.25. The lowest BCUT2D eigenvalue weighted by atomic mass is 9.87. The van der Waals surface area contributed by atoms with Crippen LogP contribution in [0.5, 0.6) is 0 Å².